The van der Waals surface area contributed by atoms with Gasteiger partial charge < -0.3 is 19.7 Å². The van der Waals surface area contributed by atoms with Crippen molar-refractivity contribution in [1.82, 2.24) is 20.0 Å². The van der Waals surface area contributed by atoms with E-state index in [2.05, 4.69) is 36.3 Å². The Balaban J connectivity index is 3.01. The Hall–Kier alpha value is -1.11. The average molecular weight is 284 g/mol. The molecule has 2 unspecified atom stereocenters. The van der Waals surface area contributed by atoms with Crippen LogP contribution >= 0.6 is 0 Å². The van der Waals surface area contributed by atoms with E-state index in [9.17, 15) is 0 Å². The van der Waals surface area contributed by atoms with Crippen molar-refractivity contribution in [2.75, 3.05) is 41.4 Å². The maximum Gasteiger partial charge on any atom is 0.161 e. The third-order valence-electron chi connectivity index (χ3n) is 3.33. The molecule has 0 spiro atoms. The molecule has 0 radical (unpaired) electrons. The second-order valence-corrected chi connectivity index (χ2v) is 5.05. The van der Waals surface area contributed by atoms with Crippen molar-refractivity contribution in [1.29, 1.82) is 0 Å². The summed E-state index contributed by atoms with van der Waals surface area (Å²) < 4.78 is 13.2. The van der Waals surface area contributed by atoms with E-state index in [0.29, 0.717) is 6.61 Å². The van der Waals surface area contributed by atoms with Crippen LogP contribution in [0.5, 0.6) is 5.75 Å². The minimum atomic E-state index is 0.0497. The monoisotopic (exact) mass is 284 g/mol. The molecule has 6 heteroatoms. The van der Waals surface area contributed by atoms with Crippen LogP contribution in [0, 0.1) is 0 Å². The fraction of sp³-hybridized carbons (Fsp3) is 0.786. The maximum atomic E-state index is 5.73. The smallest absolute Gasteiger partial charge is 0.161 e. The maximum absolute atomic E-state index is 5.73. The highest BCUT2D eigenvalue weighted by Crippen LogP contribution is 2.28. The molecule has 1 aromatic rings. The van der Waals surface area contributed by atoms with Crippen LogP contribution in [0.3, 0.4) is 0 Å². The van der Waals surface area contributed by atoms with Crippen molar-refractivity contribution in [3.63, 3.8) is 0 Å². The van der Waals surface area contributed by atoms with Crippen LogP contribution in [0.15, 0.2) is 6.20 Å². The van der Waals surface area contributed by atoms with Crippen molar-refractivity contribution in [3.05, 3.63) is 11.9 Å². The zero-order valence-electron chi connectivity index (χ0n) is 13.5. The third kappa shape index (κ3) is 4.19. The lowest BCUT2D eigenvalue weighted by Crippen LogP contribution is -2.33. The van der Waals surface area contributed by atoms with Gasteiger partial charge in [-0.15, -0.1) is 0 Å². The molecule has 116 valence electrons. The second-order valence-electron chi connectivity index (χ2n) is 5.05. The lowest BCUT2D eigenvalue weighted by Gasteiger charge is -2.25. The first kappa shape index (κ1) is 16.9. The van der Waals surface area contributed by atoms with Gasteiger partial charge >= 0.3 is 0 Å². The van der Waals surface area contributed by atoms with Crippen LogP contribution in [-0.2, 0) is 11.3 Å². The fourth-order valence-corrected chi connectivity index (χ4v) is 2.27. The Bertz CT molecular complexity index is 393. The normalized spacial score (nSPS) is 14.6. The average Bonchev–Trinajstić information content (AvgIpc) is 2.80. The van der Waals surface area contributed by atoms with Gasteiger partial charge in [-0.2, -0.15) is 5.10 Å². The van der Waals surface area contributed by atoms with Crippen LogP contribution in [0.1, 0.15) is 25.6 Å². The van der Waals surface area contributed by atoms with Gasteiger partial charge in [-0.3, -0.25) is 4.68 Å². The van der Waals surface area contributed by atoms with Crippen molar-refractivity contribution in [3.8, 4) is 5.75 Å². The van der Waals surface area contributed by atoms with E-state index in [4.69, 9.17) is 9.47 Å². The lowest BCUT2D eigenvalue weighted by atomic mass is 10.1. The summed E-state index contributed by atoms with van der Waals surface area (Å²) in [7, 11) is 7.72. The summed E-state index contributed by atoms with van der Waals surface area (Å²) >= 11 is 0. The van der Waals surface area contributed by atoms with Gasteiger partial charge in [-0.1, -0.05) is 0 Å². The standard InChI is InChI=1S/C14H28N4O2/c1-7-20-11(2)13(15-3)14-12(19-6)10-16-18(14)9-8-17(4)5/h10-11,13,15H,7-9H2,1-6H3. The topological polar surface area (TPSA) is 51.5 Å². The molecule has 1 rings (SSSR count). The number of hydrogen-bond donors (Lipinski definition) is 1. The largest absolute Gasteiger partial charge is 0.493 e. The highest BCUT2D eigenvalue weighted by atomic mass is 16.5. The van der Waals surface area contributed by atoms with E-state index in [0.717, 1.165) is 24.5 Å². The first-order chi connectivity index (χ1) is 9.54. The van der Waals surface area contributed by atoms with E-state index < -0.39 is 0 Å². The molecule has 0 aliphatic carbocycles. The molecular formula is C14H28N4O2. The van der Waals surface area contributed by atoms with E-state index in [-0.39, 0.29) is 12.1 Å². The Morgan fingerprint density at radius 1 is 1.45 bits per heavy atom. The molecule has 0 saturated heterocycles. The molecule has 0 aromatic carbocycles. The van der Waals surface area contributed by atoms with E-state index in [1.807, 2.05) is 18.7 Å². The lowest BCUT2D eigenvalue weighted by molar-refractivity contribution is 0.0461. The molecule has 0 amide bonds. The van der Waals surface area contributed by atoms with Crippen LogP contribution in [0.25, 0.3) is 0 Å². The summed E-state index contributed by atoms with van der Waals surface area (Å²) in [6, 6.07) is 0.0505. The first-order valence-corrected chi connectivity index (χ1v) is 7.08. The number of likely N-dealkylation sites (N-methyl/N-ethyl adjacent to an activating group) is 2. The van der Waals surface area contributed by atoms with Crippen LogP contribution in [-0.4, -0.2) is 62.2 Å². The van der Waals surface area contributed by atoms with Crippen molar-refractivity contribution < 1.29 is 9.47 Å². The molecule has 0 aliphatic heterocycles. The van der Waals surface area contributed by atoms with E-state index in [1.165, 1.54) is 0 Å². The Morgan fingerprint density at radius 2 is 2.15 bits per heavy atom. The van der Waals surface area contributed by atoms with Gasteiger partial charge in [0.25, 0.3) is 0 Å². The number of rotatable bonds is 9. The molecule has 1 aromatic heterocycles. The van der Waals surface area contributed by atoms with Gasteiger partial charge in [0.2, 0.25) is 0 Å². The van der Waals surface area contributed by atoms with E-state index in [1.54, 1.807) is 13.3 Å². The molecular weight excluding hydrogens is 256 g/mol. The number of methoxy groups -OCH3 is 1. The summed E-state index contributed by atoms with van der Waals surface area (Å²) in [5.41, 5.74) is 1.04. The van der Waals surface area contributed by atoms with Gasteiger partial charge in [0.1, 0.15) is 0 Å². The predicted octanol–water partition coefficient (Wildman–Crippen LogP) is 1.14. The SMILES string of the molecule is CCOC(C)C(NC)c1c(OC)cnn1CCN(C)C. The number of ether oxygens (including phenoxy) is 2. The Kier molecular flexibility index (Phi) is 6.98. The molecule has 1 heterocycles. The van der Waals surface area contributed by atoms with Crippen LogP contribution in [0.4, 0.5) is 0 Å². The highest BCUT2D eigenvalue weighted by molar-refractivity contribution is 5.29. The third-order valence-corrected chi connectivity index (χ3v) is 3.33. The fourth-order valence-electron chi connectivity index (χ4n) is 2.27. The molecule has 6 nitrogen and oxygen atoms in total. The zero-order chi connectivity index (χ0) is 15.1. The Labute approximate surface area is 122 Å². The van der Waals surface area contributed by atoms with Gasteiger partial charge in [-0.25, -0.2) is 0 Å². The van der Waals surface area contributed by atoms with Crippen LogP contribution in [0.2, 0.25) is 0 Å². The molecule has 0 aliphatic rings. The summed E-state index contributed by atoms with van der Waals surface area (Å²) in [5.74, 6) is 0.801. The van der Waals surface area contributed by atoms with Gasteiger partial charge in [-0.05, 0) is 35.0 Å². The highest BCUT2D eigenvalue weighted by Gasteiger charge is 2.26. The summed E-state index contributed by atoms with van der Waals surface area (Å²) in [6.07, 6.45) is 1.82. The molecule has 20 heavy (non-hydrogen) atoms. The van der Waals surface area contributed by atoms with Crippen molar-refractivity contribution in [2.24, 2.45) is 0 Å². The van der Waals surface area contributed by atoms with Gasteiger partial charge in [0.05, 0.1) is 37.7 Å². The quantitative estimate of drug-likeness (QED) is 0.737. The summed E-state index contributed by atoms with van der Waals surface area (Å²) in [6.45, 7) is 6.50. The summed E-state index contributed by atoms with van der Waals surface area (Å²) in [4.78, 5) is 2.14. The number of hydrogen-bond acceptors (Lipinski definition) is 5. The second kappa shape index (κ2) is 8.24. The van der Waals surface area contributed by atoms with E-state index >= 15 is 0 Å². The zero-order valence-corrected chi connectivity index (χ0v) is 13.5. The van der Waals surface area contributed by atoms with Crippen molar-refractivity contribution in [2.45, 2.75) is 32.5 Å². The number of nitrogens with one attached hydrogen (secondary N) is 1. The van der Waals surface area contributed by atoms with Crippen LogP contribution < -0.4 is 10.1 Å². The molecule has 0 saturated carbocycles. The Morgan fingerprint density at radius 3 is 2.65 bits per heavy atom. The summed E-state index contributed by atoms with van der Waals surface area (Å²) in [5, 5.41) is 7.75. The molecule has 2 atom stereocenters. The molecule has 0 fully saturated rings. The van der Waals surface area contributed by atoms with Gasteiger partial charge in [0, 0.05) is 13.2 Å². The number of aromatic nitrogens is 2. The predicted molar refractivity (Wildman–Crippen MR) is 80.2 cm³/mol. The number of nitrogens with zero attached hydrogens (tertiary/aromatic N) is 3. The van der Waals surface area contributed by atoms with Crippen molar-refractivity contribution >= 4 is 0 Å². The van der Waals surface area contributed by atoms with Gasteiger partial charge in [0.15, 0.2) is 5.75 Å². The molecule has 1 N–H and O–H groups in total. The molecule has 0 bridgehead atoms. The minimum Gasteiger partial charge on any atom is -0.493 e. The minimum absolute atomic E-state index is 0.0497. The first-order valence-electron chi connectivity index (χ1n) is 7.08.